The van der Waals surface area contributed by atoms with Gasteiger partial charge in [-0.15, -0.1) is 0 Å². The molecule has 0 N–H and O–H groups in total. The van der Waals surface area contributed by atoms with E-state index in [0.717, 1.165) is 24.8 Å². The van der Waals surface area contributed by atoms with E-state index < -0.39 is 5.82 Å². The number of aromatic nitrogens is 1. The molecule has 0 spiro atoms. The molecule has 2 aliphatic heterocycles. The fraction of sp³-hybridized carbons (Fsp3) is 0.350. The Hall–Kier alpha value is -2.76. The van der Waals surface area contributed by atoms with Gasteiger partial charge in [-0.1, -0.05) is 18.2 Å². The van der Waals surface area contributed by atoms with E-state index in [1.54, 1.807) is 4.90 Å². The Morgan fingerprint density at radius 3 is 2.62 bits per heavy atom. The van der Waals surface area contributed by atoms with Gasteiger partial charge in [-0.05, 0) is 37.0 Å². The number of para-hydroxylation sites is 1. The highest BCUT2D eigenvalue weighted by Crippen LogP contribution is 2.31. The van der Waals surface area contributed by atoms with Crippen LogP contribution in [0.15, 0.2) is 42.7 Å². The number of pyridine rings is 1. The van der Waals surface area contributed by atoms with Gasteiger partial charge in [0, 0.05) is 37.4 Å². The van der Waals surface area contributed by atoms with Crippen molar-refractivity contribution >= 4 is 17.5 Å². The quantitative estimate of drug-likeness (QED) is 0.834. The minimum atomic E-state index is -0.607. The minimum absolute atomic E-state index is 0.0400. The average molecular weight is 353 g/mol. The molecule has 3 heterocycles. The number of carbonyl (C=O) groups excluding carboxylic acids is 2. The van der Waals surface area contributed by atoms with E-state index in [9.17, 15) is 14.0 Å². The third kappa shape index (κ3) is 2.96. The van der Waals surface area contributed by atoms with E-state index in [0.29, 0.717) is 25.9 Å². The van der Waals surface area contributed by atoms with Crippen LogP contribution in [-0.2, 0) is 11.2 Å². The summed E-state index contributed by atoms with van der Waals surface area (Å²) in [5, 5.41) is 0. The first kappa shape index (κ1) is 16.7. The lowest BCUT2D eigenvalue weighted by Gasteiger charge is -2.33. The average Bonchev–Trinajstić information content (AvgIpc) is 3.11. The lowest BCUT2D eigenvalue weighted by molar-refractivity contribution is -0.123. The normalized spacial score (nSPS) is 17.3. The highest BCUT2D eigenvalue weighted by Gasteiger charge is 2.33. The molecule has 0 saturated carbocycles. The summed E-state index contributed by atoms with van der Waals surface area (Å²) in [5.74, 6) is -0.892. The molecule has 1 aromatic carbocycles. The Bertz CT molecular complexity index is 846. The molecule has 1 fully saturated rings. The molecule has 4 rings (SSSR count). The molecule has 2 aromatic rings. The van der Waals surface area contributed by atoms with Gasteiger partial charge in [0.15, 0.2) is 5.82 Å². The van der Waals surface area contributed by atoms with Gasteiger partial charge >= 0.3 is 0 Å². The van der Waals surface area contributed by atoms with Crippen LogP contribution >= 0.6 is 0 Å². The van der Waals surface area contributed by atoms with Crippen molar-refractivity contribution in [2.75, 3.05) is 24.5 Å². The highest BCUT2D eigenvalue weighted by molar-refractivity contribution is 5.97. The van der Waals surface area contributed by atoms with Crippen LogP contribution in [0.3, 0.4) is 0 Å². The predicted molar refractivity (Wildman–Crippen MR) is 95.3 cm³/mol. The Morgan fingerprint density at radius 1 is 1.08 bits per heavy atom. The number of halogens is 1. The third-order valence-electron chi connectivity index (χ3n) is 5.29. The number of amides is 2. The summed E-state index contributed by atoms with van der Waals surface area (Å²) < 4.78 is 13.8. The van der Waals surface area contributed by atoms with Gasteiger partial charge in [0.1, 0.15) is 0 Å². The molecule has 0 radical (unpaired) electrons. The zero-order valence-corrected chi connectivity index (χ0v) is 14.4. The van der Waals surface area contributed by atoms with Crippen molar-refractivity contribution in [3.63, 3.8) is 0 Å². The van der Waals surface area contributed by atoms with Crippen LogP contribution in [0.2, 0.25) is 0 Å². The predicted octanol–water partition coefficient (Wildman–Crippen LogP) is 2.66. The molecular weight excluding hydrogens is 333 g/mol. The Kier molecular flexibility index (Phi) is 4.41. The van der Waals surface area contributed by atoms with Crippen molar-refractivity contribution < 1.29 is 14.0 Å². The zero-order chi connectivity index (χ0) is 18.1. The number of hydrogen-bond acceptors (Lipinski definition) is 3. The van der Waals surface area contributed by atoms with Gasteiger partial charge in [0.25, 0.3) is 5.91 Å². The standard InChI is InChI=1S/C20H20FN3O2/c21-17-13-22-9-5-16(17)20(26)23-10-6-15(7-11-23)19(25)24-12-8-14-3-1-2-4-18(14)24/h1-5,9,13,15H,6-8,10-12H2. The summed E-state index contributed by atoms with van der Waals surface area (Å²) in [6.07, 6.45) is 4.57. The van der Waals surface area contributed by atoms with Gasteiger partial charge in [-0.3, -0.25) is 14.6 Å². The molecule has 0 aliphatic carbocycles. The SMILES string of the molecule is O=C(c1ccncc1F)N1CCC(C(=O)N2CCc3ccccc32)CC1. The van der Waals surface area contributed by atoms with Gasteiger partial charge in [0.2, 0.25) is 5.91 Å². The second kappa shape index (κ2) is 6.86. The van der Waals surface area contributed by atoms with Crippen LogP contribution in [-0.4, -0.2) is 41.3 Å². The summed E-state index contributed by atoms with van der Waals surface area (Å²) in [6.45, 7) is 1.65. The monoisotopic (exact) mass is 353 g/mol. The lowest BCUT2D eigenvalue weighted by atomic mass is 9.94. The van der Waals surface area contributed by atoms with E-state index in [4.69, 9.17) is 0 Å². The number of likely N-dealkylation sites (tertiary alicyclic amines) is 1. The summed E-state index contributed by atoms with van der Waals surface area (Å²) in [5.41, 5.74) is 2.26. The first-order valence-corrected chi connectivity index (χ1v) is 8.93. The molecule has 1 saturated heterocycles. The smallest absolute Gasteiger partial charge is 0.256 e. The van der Waals surface area contributed by atoms with E-state index >= 15 is 0 Å². The summed E-state index contributed by atoms with van der Waals surface area (Å²) >= 11 is 0. The third-order valence-corrected chi connectivity index (χ3v) is 5.29. The van der Waals surface area contributed by atoms with Crippen LogP contribution in [0.5, 0.6) is 0 Å². The van der Waals surface area contributed by atoms with E-state index in [2.05, 4.69) is 11.1 Å². The highest BCUT2D eigenvalue weighted by atomic mass is 19.1. The summed E-state index contributed by atoms with van der Waals surface area (Å²) in [4.78, 5) is 32.6. The molecule has 1 aromatic heterocycles. The summed E-state index contributed by atoms with van der Waals surface area (Å²) in [7, 11) is 0. The number of carbonyl (C=O) groups is 2. The maximum Gasteiger partial charge on any atom is 0.256 e. The van der Waals surface area contributed by atoms with Crippen LogP contribution in [0.1, 0.15) is 28.8 Å². The largest absolute Gasteiger partial charge is 0.339 e. The molecule has 134 valence electrons. The summed E-state index contributed by atoms with van der Waals surface area (Å²) in [6, 6.07) is 9.40. The van der Waals surface area contributed by atoms with Crippen LogP contribution in [0.4, 0.5) is 10.1 Å². The fourth-order valence-corrected chi connectivity index (χ4v) is 3.84. The van der Waals surface area contributed by atoms with Gasteiger partial charge < -0.3 is 9.80 Å². The Morgan fingerprint density at radius 2 is 1.85 bits per heavy atom. The topological polar surface area (TPSA) is 53.5 Å². The first-order chi connectivity index (χ1) is 12.6. The van der Waals surface area contributed by atoms with Crippen molar-refractivity contribution in [3.8, 4) is 0 Å². The van der Waals surface area contributed by atoms with E-state index in [1.807, 2.05) is 23.1 Å². The van der Waals surface area contributed by atoms with Gasteiger partial charge in [-0.2, -0.15) is 0 Å². The van der Waals surface area contributed by atoms with Crippen molar-refractivity contribution in [2.24, 2.45) is 5.92 Å². The Balaban J connectivity index is 1.40. The number of anilines is 1. The molecule has 5 nitrogen and oxygen atoms in total. The maximum atomic E-state index is 13.8. The number of fused-ring (bicyclic) bond motifs is 1. The van der Waals surface area contributed by atoms with Gasteiger partial charge in [0.05, 0.1) is 11.8 Å². The lowest BCUT2D eigenvalue weighted by Crippen LogP contribution is -2.44. The second-order valence-electron chi connectivity index (χ2n) is 6.79. The van der Waals surface area contributed by atoms with E-state index in [-0.39, 0.29) is 23.3 Å². The molecular formula is C20H20FN3O2. The van der Waals surface area contributed by atoms with Gasteiger partial charge in [-0.25, -0.2) is 4.39 Å². The zero-order valence-electron chi connectivity index (χ0n) is 14.4. The number of piperidine rings is 1. The number of benzene rings is 1. The molecule has 26 heavy (non-hydrogen) atoms. The molecule has 0 bridgehead atoms. The minimum Gasteiger partial charge on any atom is -0.339 e. The van der Waals surface area contributed by atoms with Crippen LogP contribution in [0, 0.1) is 11.7 Å². The van der Waals surface area contributed by atoms with Crippen molar-refractivity contribution in [2.45, 2.75) is 19.3 Å². The molecule has 0 unspecified atom stereocenters. The first-order valence-electron chi connectivity index (χ1n) is 8.93. The van der Waals surface area contributed by atoms with Crippen molar-refractivity contribution in [1.82, 2.24) is 9.88 Å². The van der Waals surface area contributed by atoms with Crippen molar-refractivity contribution in [1.29, 1.82) is 0 Å². The van der Waals surface area contributed by atoms with Crippen LogP contribution in [0.25, 0.3) is 0 Å². The number of nitrogens with zero attached hydrogens (tertiary/aromatic N) is 3. The number of rotatable bonds is 2. The van der Waals surface area contributed by atoms with Crippen LogP contribution < -0.4 is 4.90 Å². The van der Waals surface area contributed by atoms with E-state index in [1.165, 1.54) is 17.8 Å². The maximum absolute atomic E-state index is 13.8. The molecule has 2 amide bonds. The Labute approximate surface area is 151 Å². The molecule has 6 heteroatoms. The number of hydrogen-bond donors (Lipinski definition) is 0. The fourth-order valence-electron chi connectivity index (χ4n) is 3.84. The molecule has 0 atom stereocenters. The molecule has 2 aliphatic rings. The van der Waals surface area contributed by atoms with Crippen molar-refractivity contribution in [3.05, 3.63) is 59.7 Å². The second-order valence-corrected chi connectivity index (χ2v) is 6.79.